The van der Waals surface area contributed by atoms with Crippen LogP contribution in [0.1, 0.15) is 18.5 Å². The number of rotatable bonds is 3. The molecule has 1 aromatic rings. The van der Waals surface area contributed by atoms with Gasteiger partial charge >= 0.3 is 0 Å². The maximum atomic E-state index is 11.8. The monoisotopic (exact) mass is 236 g/mol. The van der Waals surface area contributed by atoms with Crippen molar-refractivity contribution in [3.05, 3.63) is 18.0 Å². The summed E-state index contributed by atoms with van der Waals surface area (Å²) in [5, 5.41) is 7.19. The molecule has 0 radical (unpaired) electrons. The first-order valence-electron chi connectivity index (χ1n) is 6.11. The second-order valence-corrected chi connectivity index (χ2v) is 4.78. The van der Waals surface area contributed by atoms with Crippen molar-refractivity contribution in [1.29, 1.82) is 0 Å². The standard InChI is InChI=1S/C12H20N4O/c1-10-3-6-13-16(10)9-12(17)14-11-4-7-15(2)8-5-11/h3,6,11H,4-5,7-9H2,1-2H3,(H,14,17). The number of likely N-dealkylation sites (tertiary alicyclic amines) is 1. The summed E-state index contributed by atoms with van der Waals surface area (Å²) < 4.78 is 1.73. The Labute approximate surface area is 102 Å². The number of aryl methyl sites for hydroxylation is 1. The predicted octanol–water partition coefficient (Wildman–Crippen LogP) is 0.402. The topological polar surface area (TPSA) is 50.2 Å². The van der Waals surface area contributed by atoms with Crippen molar-refractivity contribution in [2.45, 2.75) is 32.4 Å². The summed E-state index contributed by atoms with van der Waals surface area (Å²) in [6, 6.07) is 2.23. The Morgan fingerprint density at radius 1 is 1.53 bits per heavy atom. The molecule has 0 unspecified atom stereocenters. The Morgan fingerprint density at radius 2 is 2.24 bits per heavy atom. The molecular formula is C12H20N4O. The van der Waals surface area contributed by atoms with Crippen LogP contribution in [0.2, 0.25) is 0 Å². The largest absolute Gasteiger partial charge is 0.352 e. The predicted molar refractivity (Wildman–Crippen MR) is 65.6 cm³/mol. The van der Waals surface area contributed by atoms with E-state index in [-0.39, 0.29) is 5.91 Å². The quantitative estimate of drug-likeness (QED) is 0.826. The van der Waals surface area contributed by atoms with Gasteiger partial charge in [-0.1, -0.05) is 0 Å². The van der Waals surface area contributed by atoms with Crippen LogP contribution in [-0.4, -0.2) is 46.8 Å². The van der Waals surface area contributed by atoms with Gasteiger partial charge in [0, 0.05) is 17.9 Å². The van der Waals surface area contributed by atoms with Crippen LogP contribution in [0.15, 0.2) is 12.3 Å². The maximum absolute atomic E-state index is 11.8. The van der Waals surface area contributed by atoms with Crippen molar-refractivity contribution < 1.29 is 4.79 Å². The average molecular weight is 236 g/mol. The van der Waals surface area contributed by atoms with Crippen LogP contribution >= 0.6 is 0 Å². The summed E-state index contributed by atoms with van der Waals surface area (Å²) in [7, 11) is 2.12. The molecule has 0 saturated carbocycles. The Bertz CT molecular complexity index is 380. The third kappa shape index (κ3) is 3.30. The molecule has 17 heavy (non-hydrogen) atoms. The van der Waals surface area contributed by atoms with E-state index in [1.54, 1.807) is 10.9 Å². The van der Waals surface area contributed by atoms with Gasteiger partial charge in [-0.25, -0.2) is 0 Å². The van der Waals surface area contributed by atoms with Gasteiger partial charge in [0.05, 0.1) is 0 Å². The number of hydrogen-bond acceptors (Lipinski definition) is 3. The van der Waals surface area contributed by atoms with Crippen LogP contribution in [0.4, 0.5) is 0 Å². The van der Waals surface area contributed by atoms with E-state index in [2.05, 4.69) is 22.4 Å². The lowest BCUT2D eigenvalue weighted by atomic mass is 10.1. The Morgan fingerprint density at radius 3 is 2.82 bits per heavy atom. The molecule has 2 rings (SSSR count). The number of piperidine rings is 1. The SMILES string of the molecule is Cc1ccnn1CC(=O)NC1CCN(C)CC1. The summed E-state index contributed by atoms with van der Waals surface area (Å²) in [6.45, 7) is 4.40. The first-order valence-corrected chi connectivity index (χ1v) is 6.11. The van der Waals surface area contributed by atoms with Gasteiger partial charge in [-0.15, -0.1) is 0 Å². The zero-order valence-corrected chi connectivity index (χ0v) is 10.5. The summed E-state index contributed by atoms with van der Waals surface area (Å²) in [4.78, 5) is 14.1. The highest BCUT2D eigenvalue weighted by Gasteiger charge is 2.18. The van der Waals surface area contributed by atoms with Crippen molar-refractivity contribution in [3.8, 4) is 0 Å². The molecule has 1 amide bonds. The zero-order valence-electron chi connectivity index (χ0n) is 10.5. The Balaban J connectivity index is 1.80. The fourth-order valence-electron chi connectivity index (χ4n) is 2.13. The van der Waals surface area contributed by atoms with E-state index in [4.69, 9.17) is 0 Å². The smallest absolute Gasteiger partial charge is 0.241 e. The van der Waals surface area contributed by atoms with Gasteiger partial charge in [0.1, 0.15) is 6.54 Å². The number of carbonyl (C=O) groups is 1. The summed E-state index contributed by atoms with van der Waals surface area (Å²) >= 11 is 0. The Hall–Kier alpha value is -1.36. The summed E-state index contributed by atoms with van der Waals surface area (Å²) in [5.74, 6) is 0.0614. The number of amides is 1. The van der Waals surface area contributed by atoms with Crippen LogP contribution in [0, 0.1) is 6.92 Å². The average Bonchev–Trinajstić information content (AvgIpc) is 2.68. The molecule has 0 spiro atoms. The van der Waals surface area contributed by atoms with Crippen LogP contribution in [0.5, 0.6) is 0 Å². The van der Waals surface area contributed by atoms with Gasteiger partial charge in [0.2, 0.25) is 5.91 Å². The molecule has 0 bridgehead atoms. The molecule has 1 aromatic heterocycles. The van der Waals surface area contributed by atoms with E-state index in [9.17, 15) is 4.79 Å². The molecule has 1 fully saturated rings. The number of aromatic nitrogens is 2. The molecule has 1 N–H and O–H groups in total. The van der Waals surface area contributed by atoms with Crippen molar-refractivity contribution in [3.63, 3.8) is 0 Å². The van der Waals surface area contributed by atoms with Crippen molar-refractivity contribution >= 4 is 5.91 Å². The van der Waals surface area contributed by atoms with Gasteiger partial charge in [-0.3, -0.25) is 9.48 Å². The van der Waals surface area contributed by atoms with Gasteiger partial charge in [-0.05, 0) is 46.0 Å². The van der Waals surface area contributed by atoms with Gasteiger partial charge in [0.25, 0.3) is 0 Å². The Kier molecular flexibility index (Phi) is 3.78. The second-order valence-electron chi connectivity index (χ2n) is 4.78. The summed E-state index contributed by atoms with van der Waals surface area (Å²) in [5.41, 5.74) is 1.02. The van der Waals surface area contributed by atoms with Gasteiger partial charge in [-0.2, -0.15) is 5.10 Å². The van der Waals surface area contributed by atoms with Gasteiger partial charge in [0.15, 0.2) is 0 Å². The van der Waals surface area contributed by atoms with E-state index in [1.807, 2.05) is 13.0 Å². The maximum Gasteiger partial charge on any atom is 0.241 e. The minimum Gasteiger partial charge on any atom is -0.352 e. The van der Waals surface area contributed by atoms with Crippen molar-refractivity contribution in [2.75, 3.05) is 20.1 Å². The molecular weight excluding hydrogens is 216 g/mol. The lowest BCUT2D eigenvalue weighted by Crippen LogP contribution is -2.44. The lowest BCUT2D eigenvalue weighted by Gasteiger charge is -2.29. The van der Waals surface area contributed by atoms with E-state index in [0.717, 1.165) is 31.6 Å². The molecule has 5 nitrogen and oxygen atoms in total. The number of nitrogens with zero attached hydrogens (tertiary/aromatic N) is 3. The van der Waals surface area contributed by atoms with E-state index >= 15 is 0 Å². The van der Waals surface area contributed by atoms with Gasteiger partial charge < -0.3 is 10.2 Å². The van der Waals surface area contributed by atoms with Crippen LogP contribution in [-0.2, 0) is 11.3 Å². The lowest BCUT2D eigenvalue weighted by molar-refractivity contribution is -0.122. The first kappa shape index (κ1) is 12.1. The highest BCUT2D eigenvalue weighted by Crippen LogP contribution is 2.08. The number of hydrogen-bond donors (Lipinski definition) is 1. The summed E-state index contributed by atoms with van der Waals surface area (Å²) in [6.07, 6.45) is 3.80. The fraction of sp³-hybridized carbons (Fsp3) is 0.667. The molecule has 94 valence electrons. The van der Waals surface area contributed by atoms with Crippen molar-refractivity contribution in [1.82, 2.24) is 20.0 Å². The van der Waals surface area contributed by atoms with Crippen LogP contribution in [0.25, 0.3) is 0 Å². The van der Waals surface area contributed by atoms with E-state index < -0.39 is 0 Å². The van der Waals surface area contributed by atoms with E-state index in [1.165, 1.54) is 0 Å². The fourth-order valence-corrected chi connectivity index (χ4v) is 2.13. The third-order valence-corrected chi connectivity index (χ3v) is 3.31. The molecule has 0 atom stereocenters. The molecule has 0 aromatic carbocycles. The normalized spacial score (nSPS) is 18.2. The minimum absolute atomic E-state index is 0.0614. The first-order chi connectivity index (χ1) is 8.15. The molecule has 2 heterocycles. The van der Waals surface area contributed by atoms with Crippen molar-refractivity contribution in [2.24, 2.45) is 0 Å². The van der Waals surface area contributed by atoms with Crippen LogP contribution < -0.4 is 5.32 Å². The number of carbonyl (C=O) groups excluding carboxylic acids is 1. The molecule has 5 heteroatoms. The molecule has 1 aliphatic heterocycles. The second kappa shape index (κ2) is 5.31. The van der Waals surface area contributed by atoms with Crippen LogP contribution in [0.3, 0.4) is 0 Å². The van der Waals surface area contributed by atoms with E-state index in [0.29, 0.717) is 12.6 Å². The highest BCUT2D eigenvalue weighted by molar-refractivity contribution is 5.76. The third-order valence-electron chi connectivity index (χ3n) is 3.31. The molecule has 1 saturated heterocycles. The minimum atomic E-state index is 0.0614. The number of nitrogens with one attached hydrogen (secondary N) is 1. The molecule has 0 aliphatic carbocycles. The highest BCUT2D eigenvalue weighted by atomic mass is 16.2. The zero-order chi connectivity index (χ0) is 12.3. The molecule has 1 aliphatic rings.